The lowest BCUT2D eigenvalue weighted by molar-refractivity contribution is 0.0175. The van der Waals surface area contributed by atoms with Crippen molar-refractivity contribution in [1.82, 2.24) is 14.4 Å². The van der Waals surface area contributed by atoms with Crippen LogP contribution < -0.4 is 0 Å². The first-order valence-electron chi connectivity index (χ1n) is 7.08. The molecular weight excluding hydrogens is 402 g/mol. The van der Waals surface area contributed by atoms with Crippen LogP contribution >= 0.6 is 25.2 Å². The van der Waals surface area contributed by atoms with Gasteiger partial charge in [0, 0.05) is 24.2 Å². The van der Waals surface area contributed by atoms with Gasteiger partial charge in [-0.05, 0) is 22.9 Å². The van der Waals surface area contributed by atoms with Gasteiger partial charge < -0.3 is 0 Å². The maximum atomic E-state index is 14.3. The minimum Gasteiger partial charge on any atom is -0.296 e. The van der Waals surface area contributed by atoms with Gasteiger partial charge in [0.25, 0.3) is 5.92 Å². The quantitative estimate of drug-likeness (QED) is 0.544. The predicted octanol–water partition coefficient (Wildman–Crippen LogP) is 5.29. The van der Waals surface area contributed by atoms with Gasteiger partial charge in [-0.1, -0.05) is 33.5 Å². The standard InChI is InChI=1S/C16H14BrF3N3P/c1-15(18,19)10-5-3-9(4-6-10)11-8-23-12(7-21-11)13(17)22-14(23)16(2,20)24/h3-8H,24H2,1-2H3. The molecule has 0 saturated carbocycles. The van der Waals surface area contributed by atoms with E-state index in [9.17, 15) is 13.2 Å². The van der Waals surface area contributed by atoms with Crippen LogP contribution in [0.15, 0.2) is 41.3 Å². The van der Waals surface area contributed by atoms with Crippen molar-refractivity contribution in [2.24, 2.45) is 0 Å². The summed E-state index contributed by atoms with van der Waals surface area (Å²) in [5, 5.41) is -1.72. The summed E-state index contributed by atoms with van der Waals surface area (Å²) >= 11 is 3.29. The number of rotatable bonds is 3. The zero-order valence-corrected chi connectivity index (χ0v) is 15.6. The van der Waals surface area contributed by atoms with Crippen LogP contribution in [0.1, 0.15) is 25.2 Å². The molecule has 0 saturated heterocycles. The Balaban J connectivity index is 2.11. The van der Waals surface area contributed by atoms with Gasteiger partial charge in [0.2, 0.25) is 0 Å². The van der Waals surface area contributed by atoms with Gasteiger partial charge in [-0.2, -0.15) is 0 Å². The molecule has 126 valence electrons. The van der Waals surface area contributed by atoms with Crippen molar-refractivity contribution in [3.05, 3.63) is 52.7 Å². The van der Waals surface area contributed by atoms with Crippen LogP contribution in [0.25, 0.3) is 16.8 Å². The van der Waals surface area contributed by atoms with E-state index < -0.39 is 11.3 Å². The third-order valence-corrected chi connectivity index (χ3v) is 4.45. The van der Waals surface area contributed by atoms with Crippen molar-refractivity contribution < 1.29 is 13.2 Å². The van der Waals surface area contributed by atoms with E-state index in [1.54, 1.807) is 28.9 Å². The minimum atomic E-state index is -2.90. The van der Waals surface area contributed by atoms with Crippen molar-refractivity contribution in [1.29, 1.82) is 0 Å². The molecule has 0 amide bonds. The summed E-state index contributed by atoms with van der Waals surface area (Å²) < 4.78 is 43.0. The second-order valence-corrected chi connectivity index (χ2v) is 7.63. The molecule has 3 rings (SSSR count). The third-order valence-electron chi connectivity index (χ3n) is 3.61. The molecule has 1 aromatic carbocycles. The monoisotopic (exact) mass is 415 g/mol. The van der Waals surface area contributed by atoms with Gasteiger partial charge >= 0.3 is 0 Å². The van der Waals surface area contributed by atoms with E-state index in [4.69, 9.17) is 0 Å². The first-order chi connectivity index (χ1) is 11.1. The maximum Gasteiger partial charge on any atom is 0.270 e. The van der Waals surface area contributed by atoms with Crippen LogP contribution in [-0.4, -0.2) is 14.4 Å². The molecule has 0 radical (unpaired) electrons. The summed E-state index contributed by atoms with van der Waals surface area (Å²) in [6.45, 7) is 2.24. The molecule has 0 N–H and O–H groups in total. The molecule has 0 spiro atoms. The van der Waals surface area contributed by atoms with Gasteiger partial charge in [0.1, 0.15) is 4.60 Å². The Bertz CT molecular complexity index is 896. The molecule has 24 heavy (non-hydrogen) atoms. The summed E-state index contributed by atoms with van der Waals surface area (Å²) in [4.78, 5) is 8.50. The molecule has 2 aromatic heterocycles. The average molecular weight is 416 g/mol. The van der Waals surface area contributed by atoms with Crippen LogP contribution in [0.3, 0.4) is 0 Å². The predicted molar refractivity (Wildman–Crippen MR) is 93.9 cm³/mol. The van der Waals surface area contributed by atoms with Crippen molar-refractivity contribution in [2.45, 2.75) is 25.2 Å². The summed E-state index contributed by atoms with van der Waals surface area (Å²) in [5.41, 5.74) is 1.75. The van der Waals surface area contributed by atoms with E-state index in [0.717, 1.165) is 6.92 Å². The van der Waals surface area contributed by atoms with Crippen LogP contribution in [0.4, 0.5) is 13.2 Å². The molecule has 2 atom stereocenters. The number of benzene rings is 1. The molecule has 2 unspecified atom stereocenters. The Morgan fingerprint density at radius 3 is 2.29 bits per heavy atom. The van der Waals surface area contributed by atoms with Gasteiger partial charge in [0.05, 0.1) is 17.4 Å². The van der Waals surface area contributed by atoms with E-state index in [1.165, 1.54) is 19.1 Å². The third kappa shape index (κ3) is 3.20. The Hall–Kier alpha value is -1.46. The van der Waals surface area contributed by atoms with Crippen molar-refractivity contribution in [2.75, 3.05) is 0 Å². The summed E-state index contributed by atoms with van der Waals surface area (Å²) in [7, 11) is 2.11. The van der Waals surface area contributed by atoms with Gasteiger partial charge in [-0.25, -0.2) is 18.2 Å². The highest BCUT2D eigenvalue weighted by atomic mass is 79.9. The van der Waals surface area contributed by atoms with Crippen LogP contribution in [0.5, 0.6) is 0 Å². The number of fused-ring (bicyclic) bond motifs is 1. The van der Waals surface area contributed by atoms with E-state index in [1.807, 2.05) is 0 Å². The number of alkyl halides is 3. The van der Waals surface area contributed by atoms with E-state index >= 15 is 0 Å². The van der Waals surface area contributed by atoms with Crippen molar-refractivity contribution >= 4 is 30.7 Å². The molecule has 0 aliphatic heterocycles. The van der Waals surface area contributed by atoms with Gasteiger partial charge in [-0.3, -0.25) is 9.38 Å². The zero-order chi connectivity index (χ0) is 17.7. The van der Waals surface area contributed by atoms with Gasteiger partial charge in [-0.15, -0.1) is 0 Å². The first-order valence-corrected chi connectivity index (χ1v) is 8.45. The smallest absolute Gasteiger partial charge is 0.270 e. The van der Waals surface area contributed by atoms with Crippen molar-refractivity contribution in [3.8, 4) is 11.3 Å². The number of nitrogens with zero attached hydrogens (tertiary/aromatic N) is 3. The molecule has 0 bridgehead atoms. The average Bonchev–Trinajstić information content (AvgIpc) is 2.83. The zero-order valence-electron chi connectivity index (χ0n) is 12.9. The normalized spacial score (nSPS) is 14.8. The molecule has 2 heterocycles. The topological polar surface area (TPSA) is 30.2 Å². The number of hydrogen-bond acceptors (Lipinski definition) is 2. The number of aromatic nitrogens is 3. The Morgan fingerprint density at radius 2 is 1.75 bits per heavy atom. The Labute approximate surface area is 147 Å². The molecule has 8 heteroatoms. The first kappa shape index (κ1) is 17.4. The maximum absolute atomic E-state index is 14.3. The molecule has 0 aliphatic rings. The second-order valence-electron chi connectivity index (χ2n) is 5.80. The van der Waals surface area contributed by atoms with Crippen molar-refractivity contribution in [3.63, 3.8) is 0 Å². The number of hydrogen-bond donors (Lipinski definition) is 0. The molecular formula is C16H14BrF3N3P. The lowest BCUT2D eigenvalue weighted by Gasteiger charge is -2.13. The summed E-state index contributed by atoms with van der Waals surface area (Å²) in [5.74, 6) is -2.69. The molecule has 0 fully saturated rings. The second kappa shape index (κ2) is 5.81. The summed E-state index contributed by atoms with van der Waals surface area (Å²) in [6.07, 6.45) is 3.21. The van der Waals surface area contributed by atoms with E-state index in [2.05, 4.69) is 35.1 Å². The lowest BCUT2D eigenvalue weighted by atomic mass is 10.1. The number of halogens is 4. The molecule has 3 nitrogen and oxygen atoms in total. The van der Waals surface area contributed by atoms with Crippen LogP contribution in [-0.2, 0) is 11.3 Å². The fourth-order valence-corrected chi connectivity index (χ4v) is 3.04. The number of imidazole rings is 1. The Kier molecular flexibility index (Phi) is 4.21. The molecule has 3 aromatic rings. The van der Waals surface area contributed by atoms with Gasteiger partial charge in [0.15, 0.2) is 11.2 Å². The fourth-order valence-electron chi connectivity index (χ4n) is 2.38. The highest BCUT2D eigenvalue weighted by molar-refractivity contribution is 9.10. The lowest BCUT2D eigenvalue weighted by Crippen LogP contribution is -2.10. The largest absolute Gasteiger partial charge is 0.296 e. The minimum absolute atomic E-state index is 0.0697. The van der Waals surface area contributed by atoms with Crippen LogP contribution in [0.2, 0.25) is 0 Å². The fraction of sp³-hybridized carbons (Fsp3) is 0.250. The highest BCUT2D eigenvalue weighted by Crippen LogP contribution is 2.35. The van der Waals surface area contributed by atoms with E-state index in [-0.39, 0.29) is 11.4 Å². The highest BCUT2D eigenvalue weighted by Gasteiger charge is 2.27. The van der Waals surface area contributed by atoms with E-state index in [0.29, 0.717) is 21.4 Å². The Morgan fingerprint density at radius 1 is 1.12 bits per heavy atom. The SMILES string of the molecule is CC(F)(F)c1ccc(-c2cn3c(C(C)(F)P)nc(Br)c3cn2)cc1. The van der Waals surface area contributed by atoms with Crippen LogP contribution in [0, 0.1) is 0 Å². The summed E-state index contributed by atoms with van der Waals surface area (Å²) in [6, 6.07) is 5.87. The molecule has 0 aliphatic carbocycles.